The van der Waals surface area contributed by atoms with E-state index < -0.39 is 21.7 Å². The highest BCUT2D eigenvalue weighted by Gasteiger charge is 2.53. The zero-order chi connectivity index (χ0) is 18.7. The van der Waals surface area contributed by atoms with Gasteiger partial charge in [0.05, 0.1) is 11.5 Å². The van der Waals surface area contributed by atoms with Gasteiger partial charge in [0.1, 0.15) is 0 Å². The van der Waals surface area contributed by atoms with E-state index in [4.69, 9.17) is 0 Å². The fourth-order valence-corrected chi connectivity index (χ4v) is 7.40. The summed E-state index contributed by atoms with van der Waals surface area (Å²) in [5.74, 6) is 0.753. The Bertz CT molecular complexity index is 783. The lowest BCUT2D eigenvalue weighted by atomic mass is 9.83. The van der Waals surface area contributed by atoms with Crippen molar-refractivity contribution in [1.82, 2.24) is 14.7 Å². The van der Waals surface area contributed by atoms with Gasteiger partial charge < -0.3 is 0 Å². The second-order valence-electron chi connectivity index (χ2n) is 8.33. The van der Waals surface area contributed by atoms with E-state index in [0.29, 0.717) is 23.2 Å². The standard InChI is InChI=1S/C17H24F3N3O2S/c1-22-14(8-15(21-22)17(18,19)20)12-2-4-13(5-3-12)23-7-6-16(9-23)10-26(24,25)11-16/h8,12-13H,2-7,9-11H2,1H3/t12-,13-. The molecule has 3 fully saturated rings. The van der Waals surface area contributed by atoms with Crippen LogP contribution in [0.4, 0.5) is 13.2 Å². The Morgan fingerprint density at radius 3 is 2.38 bits per heavy atom. The van der Waals surface area contributed by atoms with Gasteiger partial charge in [0.25, 0.3) is 0 Å². The molecule has 5 nitrogen and oxygen atoms in total. The Hall–Kier alpha value is -1.09. The van der Waals surface area contributed by atoms with Gasteiger partial charge in [-0.25, -0.2) is 8.42 Å². The number of aryl methyl sites for hydroxylation is 1. The Balaban J connectivity index is 1.36. The van der Waals surface area contributed by atoms with Crippen molar-refractivity contribution in [3.63, 3.8) is 0 Å². The van der Waals surface area contributed by atoms with E-state index in [9.17, 15) is 21.6 Å². The molecule has 1 aromatic rings. The highest BCUT2D eigenvalue weighted by Crippen LogP contribution is 2.44. The molecule has 4 rings (SSSR count). The van der Waals surface area contributed by atoms with Crippen molar-refractivity contribution in [3.05, 3.63) is 17.5 Å². The third-order valence-corrected chi connectivity index (χ3v) is 8.46. The van der Waals surface area contributed by atoms with Crippen molar-refractivity contribution < 1.29 is 21.6 Å². The number of hydrogen-bond donors (Lipinski definition) is 0. The maximum Gasteiger partial charge on any atom is 0.435 e. The lowest BCUT2D eigenvalue weighted by Crippen LogP contribution is -2.51. The largest absolute Gasteiger partial charge is 0.435 e. The third-order valence-electron chi connectivity index (χ3n) is 6.36. The topological polar surface area (TPSA) is 55.2 Å². The van der Waals surface area contributed by atoms with E-state index in [0.717, 1.165) is 45.2 Å². The third kappa shape index (κ3) is 3.28. The van der Waals surface area contributed by atoms with Gasteiger partial charge in [-0.1, -0.05) is 0 Å². The van der Waals surface area contributed by atoms with Crippen LogP contribution in [0.2, 0.25) is 0 Å². The molecule has 146 valence electrons. The lowest BCUT2D eigenvalue weighted by Gasteiger charge is -2.40. The molecule has 0 atom stereocenters. The van der Waals surface area contributed by atoms with Gasteiger partial charge in [-0.2, -0.15) is 18.3 Å². The van der Waals surface area contributed by atoms with Crippen LogP contribution >= 0.6 is 0 Å². The Morgan fingerprint density at radius 2 is 1.85 bits per heavy atom. The molecule has 1 aliphatic carbocycles. The minimum Gasteiger partial charge on any atom is -0.300 e. The van der Waals surface area contributed by atoms with Crippen molar-refractivity contribution in [1.29, 1.82) is 0 Å². The molecule has 0 radical (unpaired) electrons. The molecule has 3 heterocycles. The molecule has 26 heavy (non-hydrogen) atoms. The fraction of sp³-hybridized carbons (Fsp3) is 0.824. The molecular weight excluding hydrogens is 367 g/mol. The Labute approximate surface area is 151 Å². The maximum atomic E-state index is 12.9. The first kappa shape index (κ1) is 18.3. The van der Waals surface area contributed by atoms with Gasteiger partial charge >= 0.3 is 6.18 Å². The molecule has 0 aromatic carbocycles. The molecule has 1 spiro atoms. The van der Waals surface area contributed by atoms with E-state index >= 15 is 0 Å². The van der Waals surface area contributed by atoms with Gasteiger partial charge in [0.2, 0.25) is 0 Å². The van der Waals surface area contributed by atoms with Crippen LogP contribution < -0.4 is 0 Å². The van der Waals surface area contributed by atoms with E-state index in [-0.39, 0.29) is 11.3 Å². The average molecular weight is 391 g/mol. The number of nitrogens with zero attached hydrogens (tertiary/aromatic N) is 3. The molecule has 1 aromatic heterocycles. The Kier molecular flexibility index (Phi) is 4.19. The SMILES string of the molecule is Cn1nc(C(F)(F)F)cc1[C@H]1CC[C@H](N2CCC3(C2)CS(=O)(=O)C3)CC1. The molecule has 0 bridgehead atoms. The number of rotatable bonds is 2. The number of alkyl halides is 3. The lowest BCUT2D eigenvalue weighted by molar-refractivity contribution is -0.141. The molecule has 2 aliphatic heterocycles. The summed E-state index contributed by atoms with van der Waals surface area (Å²) >= 11 is 0. The summed E-state index contributed by atoms with van der Waals surface area (Å²) in [4.78, 5) is 2.41. The smallest absolute Gasteiger partial charge is 0.300 e. The predicted octanol–water partition coefficient (Wildman–Crippen LogP) is 2.59. The highest BCUT2D eigenvalue weighted by molar-refractivity contribution is 7.92. The first-order valence-electron chi connectivity index (χ1n) is 9.13. The second kappa shape index (κ2) is 5.95. The van der Waals surface area contributed by atoms with Gasteiger partial charge in [-0.05, 0) is 44.7 Å². The van der Waals surface area contributed by atoms with Crippen LogP contribution in [-0.2, 0) is 23.1 Å². The summed E-state index contributed by atoms with van der Waals surface area (Å²) in [5, 5.41) is 3.63. The molecular formula is C17H24F3N3O2S. The van der Waals surface area contributed by atoms with Crippen molar-refractivity contribution >= 4 is 9.84 Å². The van der Waals surface area contributed by atoms with Crippen LogP contribution in [0.3, 0.4) is 0 Å². The van der Waals surface area contributed by atoms with Crippen molar-refractivity contribution in [3.8, 4) is 0 Å². The van der Waals surface area contributed by atoms with Crippen molar-refractivity contribution in [2.24, 2.45) is 12.5 Å². The van der Waals surface area contributed by atoms with Crippen LogP contribution in [0, 0.1) is 5.41 Å². The summed E-state index contributed by atoms with van der Waals surface area (Å²) in [5.41, 5.74) is -0.178. The van der Waals surface area contributed by atoms with Crippen LogP contribution in [0.5, 0.6) is 0 Å². The van der Waals surface area contributed by atoms with E-state index in [1.165, 1.54) is 10.7 Å². The zero-order valence-corrected chi connectivity index (χ0v) is 15.6. The first-order chi connectivity index (χ1) is 12.1. The van der Waals surface area contributed by atoms with Gasteiger partial charge in [0, 0.05) is 36.7 Å². The number of aromatic nitrogens is 2. The normalized spacial score (nSPS) is 31.2. The highest BCUT2D eigenvalue weighted by atomic mass is 32.2. The Morgan fingerprint density at radius 1 is 1.19 bits per heavy atom. The molecule has 2 saturated heterocycles. The van der Waals surface area contributed by atoms with Crippen LogP contribution in [-0.4, -0.2) is 53.7 Å². The van der Waals surface area contributed by atoms with Crippen molar-refractivity contribution in [2.45, 2.75) is 50.2 Å². The van der Waals surface area contributed by atoms with Crippen LogP contribution in [0.15, 0.2) is 6.07 Å². The summed E-state index contributed by atoms with van der Waals surface area (Å²) in [6, 6.07) is 1.61. The molecule has 0 unspecified atom stereocenters. The van der Waals surface area contributed by atoms with E-state index in [1.54, 1.807) is 7.05 Å². The van der Waals surface area contributed by atoms with Crippen LogP contribution in [0.25, 0.3) is 0 Å². The first-order valence-corrected chi connectivity index (χ1v) is 10.9. The molecule has 0 amide bonds. The molecule has 1 saturated carbocycles. The monoisotopic (exact) mass is 391 g/mol. The maximum absolute atomic E-state index is 12.9. The summed E-state index contributed by atoms with van der Waals surface area (Å²) in [6.45, 7) is 1.79. The number of likely N-dealkylation sites (tertiary alicyclic amines) is 1. The number of hydrogen-bond acceptors (Lipinski definition) is 4. The predicted molar refractivity (Wildman–Crippen MR) is 90.5 cm³/mol. The van der Waals surface area contributed by atoms with Gasteiger partial charge in [0.15, 0.2) is 15.5 Å². The average Bonchev–Trinajstić information content (AvgIpc) is 3.10. The van der Waals surface area contributed by atoms with Crippen LogP contribution in [0.1, 0.15) is 49.4 Å². The quantitative estimate of drug-likeness (QED) is 0.778. The van der Waals surface area contributed by atoms with E-state index in [1.807, 2.05) is 0 Å². The number of halogens is 3. The minimum atomic E-state index is -4.40. The minimum absolute atomic E-state index is 0.0284. The van der Waals surface area contributed by atoms with Crippen molar-refractivity contribution in [2.75, 3.05) is 24.6 Å². The summed E-state index contributed by atoms with van der Waals surface area (Å²) in [6.07, 6.45) is 0.135. The van der Waals surface area contributed by atoms with Gasteiger partial charge in [-0.15, -0.1) is 0 Å². The molecule has 0 N–H and O–H groups in total. The number of sulfone groups is 1. The fourth-order valence-electron chi connectivity index (χ4n) is 5.15. The summed E-state index contributed by atoms with van der Waals surface area (Å²) in [7, 11) is -1.23. The summed E-state index contributed by atoms with van der Waals surface area (Å²) < 4.78 is 63.0. The molecule has 9 heteroatoms. The second-order valence-corrected chi connectivity index (χ2v) is 10.4. The zero-order valence-electron chi connectivity index (χ0n) is 14.8. The molecule has 3 aliphatic rings. The van der Waals surface area contributed by atoms with Gasteiger partial charge in [-0.3, -0.25) is 9.58 Å². The van der Waals surface area contributed by atoms with E-state index in [2.05, 4.69) is 10.00 Å².